The van der Waals surface area contributed by atoms with E-state index in [1.54, 1.807) is 13.2 Å². The van der Waals surface area contributed by atoms with Gasteiger partial charge < -0.3 is 5.32 Å². The van der Waals surface area contributed by atoms with Crippen molar-refractivity contribution in [1.29, 1.82) is 0 Å². The lowest BCUT2D eigenvalue weighted by molar-refractivity contribution is -0.120. The van der Waals surface area contributed by atoms with E-state index in [1.165, 1.54) is 0 Å². The van der Waals surface area contributed by atoms with Gasteiger partial charge in [-0.1, -0.05) is 0 Å². The summed E-state index contributed by atoms with van der Waals surface area (Å²) < 4.78 is 0. The zero-order chi connectivity index (χ0) is 8.97. The number of carbonyl (C=O) groups excluding carboxylic acids is 1. The second kappa shape index (κ2) is 3.85. The Balaban J connectivity index is 2.69. The molecule has 64 valence electrons. The monoisotopic (exact) mass is 164 g/mol. The highest BCUT2D eigenvalue weighted by Gasteiger charge is 2.00. The van der Waals surface area contributed by atoms with Gasteiger partial charge in [-0.05, 0) is 24.6 Å². The minimum atomic E-state index is -0.00639. The van der Waals surface area contributed by atoms with Crippen molar-refractivity contribution in [2.75, 3.05) is 7.05 Å². The van der Waals surface area contributed by atoms with Crippen LogP contribution in [0.5, 0.6) is 0 Å². The Bertz CT molecular complexity index is 284. The number of likely N-dealkylation sites (N-methyl/N-ethyl adjacent to an activating group) is 1. The summed E-state index contributed by atoms with van der Waals surface area (Å²) in [7, 11) is 1.62. The lowest BCUT2D eigenvalue weighted by Gasteiger charge is -1.99. The van der Waals surface area contributed by atoms with Crippen molar-refractivity contribution in [2.24, 2.45) is 0 Å². The second-order valence-corrected chi connectivity index (χ2v) is 2.67. The summed E-state index contributed by atoms with van der Waals surface area (Å²) in [6, 6.07) is 3.82. The molecule has 0 saturated carbocycles. The molecule has 0 atom stereocenters. The average Bonchev–Trinajstić information content (AvgIpc) is 2.04. The van der Waals surface area contributed by atoms with Crippen LogP contribution in [0.4, 0.5) is 0 Å². The van der Waals surface area contributed by atoms with Crippen molar-refractivity contribution >= 4 is 5.91 Å². The molecule has 12 heavy (non-hydrogen) atoms. The molecule has 0 aromatic carbocycles. The summed E-state index contributed by atoms with van der Waals surface area (Å²) in [6.45, 7) is 1.98. The van der Waals surface area contributed by atoms with Crippen LogP contribution in [0.2, 0.25) is 0 Å². The molecule has 1 aromatic heterocycles. The Hall–Kier alpha value is -1.38. The van der Waals surface area contributed by atoms with E-state index in [0.717, 1.165) is 11.3 Å². The Morgan fingerprint density at radius 3 is 3.00 bits per heavy atom. The highest BCUT2D eigenvalue weighted by molar-refractivity contribution is 5.77. The van der Waals surface area contributed by atoms with E-state index in [9.17, 15) is 4.79 Å². The molecular formula is C9H12N2O. The van der Waals surface area contributed by atoms with Gasteiger partial charge in [-0.3, -0.25) is 9.78 Å². The standard InChI is InChI=1S/C9H12N2O/c1-7-3-4-11-8(5-7)6-9(12)10-2/h3-5H,6H2,1-2H3,(H,10,12). The number of hydrogen-bond donors (Lipinski definition) is 1. The van der Waals surface area contributed by atoms with Gasteiger partial charge in [0.25, 0.3) is 0 Å². The Morgan fingerprint density at radius 2 is 2.42 bits per heavy atom. The normalized spacial score (nSPS) is 9.50. The molecule has 0 aliphatic heterocycles. The van der Waals surface area contributed by atoms with Crippen molar-refractivity contribution in [3.05, 3.63) is 29.6 Å². The fourth-order valence-corrected chi connectivity index (χ4v) is 0.948. The predicted molar refractivity (Wildman–Crippen MR) is 46.7 cm³/mol. The largest absolute Gasteiger partial charge is 0.359 e. The third-order valence-electron chi connectivity index (χ3n) is 1.59. The average molecular weight is 164 g/mol. The molecule has 1 rings (SSSR count). The molecule has 0 radical (unpaired) electrons. The van der Waals surface area contributed by atoms with E-state index in [4.69, 9.17) is 0 Å². The van der Waals surface area contributed by atoms with Gasteiger partial charge in [0.05, 0.1) is 6.42 Å². The number of amides is 1. The summed E-state index contributed by atoms with van der Waals surface area (Å²) >= 11 is 0. The van der Waals surface area contributed by atoms with Crippen LogP contribution in [0.3, 0.4) is 0 Å². The first kappa shape index (κ1) is 8.71. The topological polar surface area (TPSA) is 42.0 Å². The Morgan fingerprint density at radius 1 is 1.67 bits per heavy atom. The molecule has 0 bridgehead atoms. The fourth-order valence-electron chi connectivity index (χ4n) is 0.948. The molecule has 0 unspecified atom stereocenters. The molecule has 1 amide bonds. The van der Waals surface area contributed by atoms with Gasteiger partial charge in [0.15, 0.2) is 0 Å². The van der Waals surface area contributed by atoms with E-state index in [2.05, 4.69) is 10.3 Å². The maximum absolute atomic E-state index is 10.9. The minimum absolute atomic E-state index is 0.00639. The number of aromatic nitrogens is 1. The van der Waals surface area contributed by atoms with Crippen LogP contribution in [-0.4, -0.2) is 17.9 Å². The van der Waals surface area contributed by atoms with Crippen molar-refractivity contribution in [3.8, 4) is 0 Å². The maximum atomic E-state index is 10.9. The van der Waals surface area contributed by atoms with Crippen LogP contribution >= 0.6 is 0 Å². The molecule has 3 heteroatoms. The molecule has 0 aliphatic rings. The summed E-state index contributed by atoms with van der Waals surface area (Å²) in [6.07, 6.45) is 2.08. The zero-order valence-corrected chi connectivity index (χ0v) is 7.29. The first-order chi connectivity index (χ1) is 5.72. The number of rotatable bonds is 2. The van der Waals surface area contributed by atoms with E-state index in [0.29, 0.717) is 6.42 Å². The van der Waals surface area contributed by atoms with E-state index in [1.807, 2.05) is 19.1 Å². The minimum Gasteiger partial charge on any atom is -0.359 e. The quantitative estimate of drug-likeness (QED) is 0.698. The second-order valence-electron chi connectivity index (χ2n) is 2.67. The van der Waals surface area contributed by atoms with Crippen molar-refractivity contribution in [2.45, 2.75) is 13.3 Å². The van der Waals surface area contributed by atoms with Crippen LogP contribution in [0, 0.1) is 6.92 Å². The van der Waals surface area contributed by atoms with Crippen molar-refractivity contribution in [3.63, 3.8) is 0 Å². The predicted octanol–water partition coefficient (Wildman–Crippen LogP) is 0.679. The molecule has 1 heterocycles. The van der Waals surface area contributed by atoms with Crippen LogP contribution < -0.4 is 5.32 Å². The van der Waals surface area contributed by atoms with E-state index in [-0.39, 0.29) is 5.91 Å². The van der Waals surface area contributed by atoms with Crippen molar-refractivity contribution < 1.29 is 4.79 Å². The highest BCUT2D eigenvalue weighted by atomic mass is 16.1. The molecule has 0 saturated heterocycles. The van der Waals surface area contributed by atoms with Gasteiger partial charge in [0.1, 0.15) is 0 Å². The molecule has 0 spiro atoms. The van der Waals surface area contributed by atoms with Gasteiger partial charge in [-0.15, -0.1) is 0 Å². The maximum Gasteiger partial charge on any atom is 0.225 e. The Kier molecular flexibility index (Phi) is 2.80. The summed E-state index contributed by atoms with van der Waals surface area (Å²) in [4.78, 5) is 15.0. The number of pyridine rings is 1. The third-order valence-corrected chi connectivity index (χ3v) is 1.59. The van der Waals surface area contributed by atoms with Gasteiger partial charge >= 0.3 is 0 Å². The lowest BCUT2D eigenvalue weighted by Crippen LogP contribution is -2.20. The van der Waals surface area contributed by atoms with Crippen molar-refractivity contribution in [1.82, 2.24) is 10.3 Å². The molecule has 3 nitrogen and oxygen atoms in total. The number of aryl methyl sites for hydroxylation is 1. The highest BCUT2D eigenvalue weighted by Crippen LogP contribution is 2.00. The summed E-state index contributed by atoms with van der Waals surface area (Å²) in [5, 5.41) is 2.55. The first-order valence-electron chi connectivity index (χ1n) is 3.84. The fraction of sp³-hybridized carbons (Fsp3) is 0.333. The van der Waals surface area contributed by atoms with Crippen LogP contribution in [0.25, 0.3) is 0 Å². The van der Waals surface area contributed by atoms with E-state index < -0.39 is 0 Å². The number of carbonyl (C=O) groups is 1. The van der Waals surface area contributed by atoms with Gasteiger partial charge in [-0.25, -0.2) is 0 Å². The zero-order valence-electron chi connectivity index (χ0n) is 7.29. The van der Waals surface area contributed by atoms with Crippen LogP contribution in [-0.2, 0) is 11.2 Å². The number of nitrogens with one attached hydrogen (secondary N) is 1. The third kappa shape index (κ3) is 2.34. The summed E-state index contributed by atoms with van der Waals surface area (Å²) in [5.74, 6) is -0.00639. The smallest absolute Gasteiger partial charge is 0.225 e. The van der Waals surface area contributed by atoms with Crippen LogP contribution in [0.15, 0.2) is 18.3 Å². The molecule has 1 N–H and O–H groups in total. The number of nitrogens with zero attached hydrogens (tertiary/aromatic N) is 1. The SMILES string of the molecule is CNC(=O)Cc1cc(C)ccn1. The first-order valence-corrected chi connectivity index (χ1v) is 3.84. The molecule has 1 aromatic rings. The summed E-state index contributed by atoms with van der Waals surface area (Å²) in [5.41, 5.74) is 1.94. The number of hydrogen-bond acceptors (Lipinski definition) is 2. The van der Waals surface area contributed by atoms with Crippen LogP contribution in [0.1, 0.15) is 11.3 Å². The van der Waals surface area contributed by atoms with Gasteiger partial charge in [0.2, 0.25) is 5.91 Å². The van der Waals surface area contributed by atoms with Gasteiger partial charge in [0, 0.05) is 18.9 Å². The van der Waals surface area contributed by atoms with Gasteiger partial charge in [-0.2, -0.15) is 0 Å². The molecule has 0 fully saturated rings. The lowest BCUT2D eigenvalue weighted by atomic mass is 10.2. The molecule has 0 aliphatic carbocycles. The Labute approximate surface area is 71.8 Å². The molecular weight excluding hydrogens is 152 g/mol. The van der Waals surface area contributed by atoms with E-state index >= 15 is 0 Å².